The Morgan fingerprint density at radius 1 is 1.21 bits per heavy atom. The number of rotatable bonds is 4. The number of nitrogens with two attached hydrogens (primary N) is 1. The van der Waals surface area contributed by atoms with Crippen LogP contribution in [0.4, 0.5) is 8.78 Å². The molecule has 0 amide bonds. The van der Waals surface area contributed by atoms with E-state index < -0.39 is 11.9 Å². The van der Waals surface area contributed by atoms with E-state index in [4.69, 9.17) is 5.73 Å². The minimum absolute atomic E-state index is 0.0667. The molecule has 0 saturated heterocycles. The van der Waals surface area contributed by atoms with E-state index in [1.54, 1.807) is 0 Å². The SMILES string of the molecule is CC(C)CC1(C(N)c2cc(F)ccc2F)CCCC1. The highest BCUT2D eigenvalue weighted by Gasteiger charge is 2.41. The van der Waals surface area contributed by atoms with Crippen molar-refractivity contribution in [1.82, 2.24) is 0 Å². The Labute approximate surface area is 114 Å². The highest BCUT2D eigenvalue weighted by molar-refractivity contribution is 5.24. The van der Waals surface area contributed by atoms with Gasteiger partial charge in [0, 0.05) is 11.6 Å². The lowest BCUT2D eigenvalue weighted by molar-refractivity contribution is 0.180. The summed E-state index contributed by atoms with van der Waals surface area (Å²) in [4.78, 5) is 0. The van der Waals surface area contributed by atoms with Crippen molar-refractivity contribution in [2.24, 2.45) is 17.1 Å². The average Bonchev–Trinajstić information content (AvgIpc) is 2.80. The molecule has 0 aromatic heterocycles. The summed E-state index contributed by atoms with van der Waals surface area (Å²) in [6.07, 6.45) is 5.28. The Morgan fingerprint density at radius 2 is 1.84 bits per heavy atom. The highest BCUT2D eigenvalue weighted by Crippen LogP contribution is 2.50. The largest absolute Gasteiger partial charge is 0.323 e. The zero-order chi connectivity index (χ0) is 14.0. The van der Waals surface area contributed by atoms with Crippen LogP contribution in [0.3, 0.4) is 0 Å². The molecule has 1 aromatic rings. The van der Waals surface area contributed by atoms with E-state index >= 15 is 0 Å². The van der Waals surface area contributed by atoms with Crippen molar-refractivity contribution in [3.8, 4) is 0 Å². The first kappa shape index (κ1) is 14.4. The topological polar surface area (TPSA) is 26.0 Å². The second-order valence-electron chi connectivity index (χ2n) is 6.31. The summed E-state index contributed by atoms with van der Waals surface area (Å²) < 4.78 is 27.3. The minimum atomic E-state index is -0.412. The maximum atomic E-state index is 13.9. The molecule has 3 heteroatoms. The number of benzene rings is 1. The summed E-state index contributed by atoms with van der Waals surface area (Å²) in [6.45, 7) is 4.32. The smallest absolute Gasteiger partial charge is 0.128 e. The quantitative estimate of drug-likeness (QED) is 0.849. The zero-order valence-corrected chi connectivity index (χ0v) is 11.8. The molecule has 19 heavy (non-hydrogen) atoms. The van der Waals surface area contributed by atoms with Gasteiger partial charge in [-0.1, -0.05) is 26.7 Å². The molecule has 0 heterocycles. The Kier molecular flexibility index (Phi) is 4.24. The molecular formula is C16H23F2N. The van der Waals surface area contributed by atoms with E-state index in [1.165, 1.54) is 12.1 Å². The highest BCUT2D eigenvalue weighted by atomic mass is 19.1. The molecule has 1 aliphatic carbocycles. The van der Waals surface area contributed by atoms with Crippen LogP contribution in [0.5, 0.6) is 0 Å². The van der Waals surface area contributed by atoms with Crippen molar-refractivity contribution in [3.05, 3.63) is 35.4 Å². The van der Waals surface area contributed by atoms with E-state index in [-0.39, 0.29) is 11.2 Å². The van der Waals surface area contributed by atoms with E-state index in [2.05, 4.69) is 13.8 Å². The third-order valence-electron chi connectivity index (χ3n) is 4.37. The number of halogens is 2. The van der Waals surface area contributed by atoms with Crippen LogP contribution in [0.15, 0.2) is 18.2 Å². The van der Waals surface area contributed by atoms with Crippen molar-refractivity contribution in [1.29, 1.82) is 0 Å². The van der Waals surface area contributed by atoms with Gasteiger partial charge in [-0.05, 0) is 48.8 Å². The first-order valence-electron chi connectivity index (χ1n) is 7.15. The van der Waals surface area contributed by atoms with Gasteiger partial charge in [0.25, 0.3) is 0 Å². The van der Waals surface area contributed by atoms with Crippen LogP contribution in [-0.4, -0.2) is 0 Å². The Hall–Kier alpha value is -0.960. The van der Waals surface area contributed by atoms with Gasteiger partial charge >= 0.3 is 0 Å². The van der Waals surface area contributed by atoms with E-state index in [0.717, 1.165) is 38.2 Å². The van der Waals surface area contributed by atoms with Crippen LogP contribution in [0.1, 0.15) is 57.6 Å². The molecule has 1 fully saturated rings. The molecule has 2 N–H and O–H groups in total. The summed E-state index contributed by atoms with van der Waals surface area (Å²) in [7, 11) is 0. The molecule has 1 nitrogen and oxygen atoms in total. The third kappa shape index (κ3) is 2.97. The minimum Gasteiger partial charge on any atom is -0.323 e. The molecule has 0 bridgehead atoms. The zero-order valence-electron chi connectivity index (χ0n) is 11.8. The molecular weight excluding hydrogens is 244 g/mol. The molecule has 2 rings (SSSR count). The van der Waals surface area contributed by atoms with Gasteiger partial charge in [0.15, 0.2) is 0 Å². The fourth-order valence-corrected chi connectivity index (χ4v) is 3.62. The number of hydrogen-bond donors (Lipinski definition) is 1. The van der Waals surface area contributed by atoms with E-state index in [0.29, 0.717) is 11.5 Å². The molecule has 1 aromatic carbocycles. The first-order valence-corrected chi connectivity index (χ1v) is 7.15. The Balaban J connectivity index is 2.33. The van der Waals surface area contributed by atoms with E-state index in [1.807, 2.05) is 0 Å². The van der Waals surface area contributed by atoms with Gasteiger partial charge in [-0.3, -0.25) is 0 Å². The van der Waals surface area contributed by atoms with Crippen molar-refractivity contribution >= 4 is 0 Å². The summed E-state index contributed by atoms with van der Waals surface area (Å²) in [5.74, 6) is -0.283. The van der Waals surface area contributed by atoms with Crippen LogP contribution in [-0.2, 0) is 0 Å². The summed E-state index contributed by atoms with van der Waals surface area (Å²) in [6, 6.07) is 3.19. The van der Waals surface area contributed by atoms with Gasteiger partial charge < -0.3 is 5.73 Å². The van der Waals surface area contributed by atoms with Gasteiger partial charge in [-0.15, -0.1) is 0 Å². The van der Waals surface area contributed by atoms with Crippen LogP contribution in [0, 0.1) is 23.0 Å². The molecule has 1 aliphatic rings. The third-order valence-corrected chi connectivity index (χ3v) is 4.37. The summed E-state index contributed by atoms with van der Waals surface area (Å²) in [5, 5.41) is 0. The van der Waals surface area contributed by atoms with Crippen molar-refractivity contribution in [3.63, 3.8) is 0 Å². The maximum Gasteiger partial charge on any atom is 0.128 e. The average molecular weight is 267 g/mol. The predicted octanol–water partition coefficient (Wildman–Crippen LogP) is 4.57. The van der Waals surface area contributed by atoms with Crippen LogP contribution in [0.2, 0.25) is 0 Å². The number of hydrogen-bond acceptors (Lipinski definition) is 1. The Bertz CT molecular complexity index is 436. The normalized spacial score (nSPS) is 19.9. The van der Waals surface area contributed by atoms with Gasteiger partial charge in [0.1, 0.15) is 11.6 Å². The van der Waals surface area contributed by atoms with Gasteiger partial charge in [0.05, 0.1) is 0 Å². The van der Waals surface area contributed by atoms with Crippen LogP contribution in [0.25, 0.3) is 0 Å². The molecule has 0 spiro atoms. The predicted molar refractivity (Wildman–Crippen MR) is 73.6 cm³/mol. The lowest BCUT2D eigenvalue weighted by Crippen LogP contribution is -2.34. The van der Waals surface area contributed by atoms with Crippen molar-refractivity contribution in [2.45, 2.75) is 52.0 Å². The second kappa shape index (κ2) is 5.58. The molecule has 0 radical (unpaired) electrons. The first-order chi connectivity index (χ1) is 8.94. The monoisotopic (exact) mass is 267 g/mol. The lowest BCUT2D eigenvalue weighted by atomic mass is 9.70. The standard InChI is InChI=1S/C16H23F2N/c1-11(2)10-16(7-3-4-8-16)15(19)13-9-12(17)5-6-14(13)18/h5-6,9,11,15H,3-4,7-8,10,19H2,1-2H3. The van der Waals surface area contributed by atoms with Crippen molar-refractivity contribution < 1.29 is 8.78 Å². The van der Waals surface area contributed by atoms with Gasteiger partial charge in [-0.25, -0.2) is 8.78 Å². The van der Waals surface area contributed by atoms with E-state index in [9.17, 15) is 8.78 Å². The molecule has 1 atom stereocenters. The fourth-order valence-electron chi connectivity index (χ4n) is 3.62. The maximum absolute atomic E-state index is 13.9. The second-order valence-corrected chi connectivity index (χ2v) is 6.31. The Morgan fingerprint density at radius 3 is 2.42 bits per heavy atom. The van der Waals surface area contributed by atoms with Crippen molar-refractivity contribution in [2.75, 3.05) is 0 Å². The molecule has 0 aliphatic heterocycles. The molecule has 106 valence electrons. The summed E-state index contributed by atoms with van der Waals surface area (Å²) >= 11 is 0. The molecule has 1 saturated carbocycles. The van der Waals surface area contributed by atoms with Gasteiger partial charge in [-0.2, -0.15) is 0 Å². The molecule has 1 unspecified atom stereocenters. The lowest BCUT2D eigenvalue weighted by Gasteiger charge is -2.37. The van der Waals surface area contributed by atoms with Crippen LogP contribution < -0.4 is 5.73 Å². The van der Waals surface area contributed by atoms with Crippen LogP contribution >= 0.6 is 0 Å². The summed E-state index contributed by atoms with van der Waals surface area (Å²) in [5.41, 5.74) is 6.62. The van der Waals surface area contributed by atoms with Gasteiger partial charge in [0.2, 0.25) is 0 Å². The fraction of sp³-hybridized carbons (Fsp3) is 0.625.